The van der Waals surface area contributed by atoms with Crippen LogP contribution in [0.15, 0.2) is 24.3 Å². The summed E-state index contributed by atoms with van der Waals surface area (Å²) < 4.78 is 5.85. The third-order valence-electron chi connectivity index (χ3n) is 4.43. The summed E-state index contributed by atoms with van der Waals surface area (Å²) in [6.45, 7) is 8.66. The maximum absolute atomic E-state index is 5.85. The lowest BCUT2D eigenvalue weighted by atomic mass is 9.85. The first-order valence-corrected chi connectivity index (χ1v) is 7.75. The van der Waals surface area contributed by atoms with Crippen molar-refractivity contribution in [3.05, 3.63) is 29.8 Å². The molecule has 0 saturated heterocycles. The molecular weight excluding hydrogens is 234 g/mol. The number of rotatable bonds is 7. The van der Waals surface area contributed by atoms with E-state index in [1.165, 1.54) is 24.8 Å². The first kappa shape index (κ1) is 14.4. The van der Waals surface area contributed by atoms with E-state index in [0.29, 0.717) is 12.0 Å². The molecule has 0 fully saturated rings. The predicted octanol–water partition coefficient (Wildman–Crippen LogP) is 3.97. The standard InChI is InChI=1S/C17H27NO/c1-4-13(5-2)11-16(18-6-3)15-12-19-17-10-8-7-9-14(15)17/h7-10,13,15-16,18H,4-6,11-12H2,1-3H3. The van der Waals surface area contributed by atoms with E-state index in [0.717, 1.165) is 24.8 Å². The summed E-state index contributed by atoms with van der Waals surface area (Å²) in [7, 11) is 0. The van der Waals surface area contributed by atoms with Gasteiger partial charge in [-0.05, 0) is 24.9 Å². The summed E-state index contributed by atoms with van der Waals surface area (Å²) in [4.78, 5) is 0. The maximum atomic E-state index is 5.85. The molecule has 0 bridgehead atoms. The molecule has 1 aliphatic rings. The minimum atomic E-state index is 0.511. The maximum Gasteiger partial charge on any atom is 0.122 e. The van der Waals surface area contributed by atoms with E-state index >= 15 is 0 Å². The molecule has 0 spiro atoms. The topological polar surface area (TPSA) is 21.3 Å². The average Bonchev–Trinajstić information content (AvgIpc) is 2.87. The molecule has 106 valence electrons. The summed E-state index contributed by atoms with van der Waals surface area (Å²) in [6, 6.07) is 9.04. The van der Waals surface area contributed by atoms with Gasteiger partial charge in [0.15, 0.2) is 0 Å². The highest BCUT2D eigenvalue weighted by Crippen LogP contribution is 2.37. The number of para-hydroxylation sites is 1. The second kappa shape index (κ2) is 6.95. The molecule has 0 saturated carbocycles. The van der Waals surface area contributed by atoms with Gasteiger partial charge < -0.3 is 10.1 Å². The van der Waals surface area contributed by atoms with E-state index in [1.54, 1.807) is 0 Å². The van der Waals surface area contributed by atoms with Crippen molar-refractivity contribution in [2.75, 3.05) is 13.2 Å². The highest BCUT2D eigenvalue weighted by Gasteiger charge is 2.31. The molecule has 1 aromatic rings. The Morgan fingerprint density at radius 1 is 1.21 bits per heavy atom. The molecule has 0 radical (unpaired) electrons. The van der Waals surface area contributed by atoms with Gasteiger partial charge in [0, 0.05) is 17.5 Å². The summed E-state index contributed by atoms with van der Waals surface area (Å²) in [5, 5.41) is 3.68. The lowest BCUT2D eigenvalue weighted by Crippen LogP contribution is -2.37. The monoisotopic (exact) mass is 261 g/mol. The van der Waals surface area contributed by atoms with Gasteiger partial charge in [-0.3, -0.25) is 0 Å². The van der Waals surface area contributed by atoms with Crippen LogP contribution in [-0.4, -0.2) is 19.2 Å². The minimum Gasteiger partial charge on any atom is -0.493 e. The highest BCUT2D eigenvalue weighted by molar-refractivity contribution is 5.40. The Bertz CT molecular complexity index is 387. The van der Waals surface area contributed by atoms with Crippen LogP contribution < -0.4 is 10.1 Å². The first-order chi connectivity index (χ1) is 9.30. The third-order valence-corrected chi connectivity index (χ3v) is 4.43. The van der Waals surface area contributed by atoms with Crippen LogP contribution in [0.3, 0.4) is 0 Å². The molecule has 2 unspecified atom stereocenters. The molecule has 1 N–H and O–H groups in total. The zero-order chi connectivity index (χ0) is 13.7. The summed E-state index contributed by atoms with van der Waals surface area (Å²) in [5.41, 5.74) is 1.39. The van der Waals surface area contributed by atoms with E-state index < -0.39 is 0 Å². The van der Waals surface area contributed by atoms with Gasteiger partial charge >= 0.3 is 0 Å². The molecule has 2 nitrogen and oxygen atoms in total. The van der Waals surface area contributed by atoms with Crippen molar-refractivity contribution in [2.24, 2.45) is 5.92 Å². The molecule has 1 aliphatic heterocycles. The van der Waals surface area contributed by atoms with Crippen LogP contribution in [0, 0.1) is 5.92 Å². The van der Waals surface area contributed by atoms with Crippen molar-refractivity contribution in [3.8, 4) is 5.75 Å². The molecule has 2 atom stereocenters. The zero-order valence-corrected chi connectivity index (χ0v) is 12.5. The lowest BCUT2D eigenvalue weighted by molar-refractivity contribution is 0.270. The fraction of sp³-hybridized carbons (Fsp3) is 0.647. The van der Waals surface area contributed by atoms with Crippen molar-refractivity contribution in [1.29, 1.82) is 0 Å². The van der Waals surface area contributed by atoms with Gasteiger partial charge in [0.25, 0.3) is 0 Å². The molecule has 1 aromatic carbocycles. The van der Waals surface area contributed by atoms with Crippen LogP contribution in [0.2, 0.25) is 0 Å². The fourth-order valence-corrected chi connectivity index (χ4v) is 3.15. The summed E-state index contributed by atoms with van der Waals surface area (Å²) in [6.07, 6.45) is 3.80. The molecule has 19 heavy (non-hydrogen) atoms. The number of likely N-dealkylation sites (N-methyl/N-ethyl adjacent to an activating group) is 1. The Kier molecular flexibility index (Phi) is 5.26. The number of hydrogen-bond donors (Lipinski definition) is 1. The minimum absolute atomic E-state index is 0.511. The molecular formula is C17H27NO. The van der Waals surface area contributed by atoms with Crippen molar-refractivity contribution >= 4 is 0 Å². The van der Waals surface area contributed by atoms with Crippen molar-refractivity contribution < 1.29 is 4.74 Å². The number of ether oxygens (including phenoxy) is 1. The van der Waals surface area contributed by atoms with E-state index in [2.05, 4.69) is 50.4 Å². The predicted molar refractivity (Wildman–Crippen MR) is 80.8 cm³/mol. The van der Waals surface area contributed by atoms with Gasteiger partial charge in [-0.25, -0.2) is 0 Å². The second-order valence-electron chi connectivity index (χ2n) is 5.54. The average molecular weight is 261 g/mol. The molecule has 0 aliphatic carbocycles. The van der Waals surface area contributed by atoms with Gasteiger partial charge in [-0.2, -0.15) is 0 Å². The van der Waals surface area contributed by atoms with Crippen LogP contribution in [-0.2, 0) is 0 Å². The molecule has 1 heterocycles. The van der Waals surface area contributed by atoms with Crippen LogP contribution in [0.5, 0.6) is 5.75 Å². The van der Waals surface area contributed by atoms with Crippen molar-refractivity contribution in [3.63, 3.8) is 0 Å². The van der Waals surface area contributed by atoms with Crippen molar-refractivity contribution in [2.45, 2.75) is 52.0 Å². The van der Waals surface area contributed by atoms with E-state index in [1.807, 2.05) is 0 Å². The third kappa shape index (κ3) is 3.30. The van der Waals surface area contributed by atoms with Gasteiger partial charge in [-0.15, -0.1) is 0 Å². The Labute approximate surface area is 117 Å². The lowest BCUT2D eigenvalue weighted by Gasteiger charge is -2.27. The highest BCUT2D eigenvalue weighted by atomic mass is 16.5. The number of nitrogens with one attached hydrogen (secondary N) is 1. The normalized spacial score (nSPS) is 19.3. The van der Waals surface area contributed by atoms with E-state index in [-0.39, 0.29) is 0 Å². The Morgan fingerprint density at radius 2 is 1.95 bits per heavy atom. The van der Waals surface area contributed by atoms with Gasteiger partial charge in [0.1, 0.15) is 5.75 Å². The van der Waals surface area contributed by atoms with Crippen LogP contribution in [0.4, 0.5) is 0 Å². The quantitative estimate of drug-likeness (QED) is 0.802. The molecule has 2 rings (SSSR count). The summed E-state index contributed by atoms with van der Waals surface area (Å²) >= 11 is 0. The Balaban J connectivity index is 2.12. The second-order valence-corrected chi connectivity index (χ2v) is 5.54. The van der Waals surface area contributed by atoms with Crippen LogP contribution in [0.25, 0.3) is 0 Å². The van der Waals surface area contributed by atoms with Crippen molar-refractivity contribution in [1.82, 2.24) is 5.32 Å². The summed E-state index contributed by atoms with van der Waals surface area (Å²) in [5.74, 6) is 2.41. The van der Waals surface area contributed by atoms with Gasteiger partial charge in [0.05, 0.1) is 6.61 Å². The smallest absolute Gasteiger partial charge is 0.122 e. The van der Waals surface area contributed by atoms with E-state index in [9.17, 15) is 0 Å². The first-order valence-electron chi connectivity index (χ1n) is 7.75. The molecule has 0 aromatic heterocycles. The molecule has 0 amide bonds. The van der Waals surface area contributed by atoms with Gasteiger partial charge in [0.2, 0.25) is 0 Å². The molecule has 2 heteroatoms. The number of fused-ring (bicyclic) bond motifs is 1. The fourth-order valence-electron chi connectivity index (χ4n) is 3.15. The SMILES string of the molecule is CCNC(CC(CC)CC)C1COc2ccccc21. The number of hydrogen-bond acceptors (Lipinski definition) is 2. The Morgan fingerprint density at radius 3 is 2.63 bits per heavy atom. The largest absolute Gasteiger partial charge is 0.493 e. The van der Waals surface area contributed by atoms with E-state index in [4.69, 9.17) is 4.74 Å². The Hall–Kier alpha value is -1.02. The van der Waals surface area contributed by atoms with Gasteiger partial charge in [-0.1, -0.05) is 51.8 Å². The number of benzene rings is 1. The van der Waals surface area contributed by atoms with Crippen LogP contribution in [0.1, 0.15) is 51.5 Å². The zero-order valence-electron chi connectivity index (χ0n) is 12.5. The van der Waals surface area contributed by atoms with Crippen LogP contribution >= 0.6 is 0 Å².